The fourth-order valence-electron chi connectivity index (χ4n) is 2.91. The molecule has 0 saturated heterocycles. The molecule has 24 heavy (non-hydrogen) atoms. The van der Waals surface area contributed by atoms with Crippen LogP contribution in [-0.2, 0) is 6.42 Å². The first-order valence-electron chi connectivity index (χ1n) is 7.64. The van der Waals surface area contributed by atoms with Crippen molar-refractivity contribution in [1.29, 1.82) is 0 Å². The van der Waals surface area contributed by atoms with Crippen LogP contribution in [0.5, 0.6) is 0 Å². The van der Waals surface area contributed by atoms with Crippen LogP contribution in [0.3, 0.4) is 0 Å². The summed E-state index contributed by atoms with van der Waals surface area (Å²) in [5.41, 5.74) is 2.37. The van der Waals surface area contributed by atoms with E-state index in [0.29, 0.717) is 40.5 Å². The van der Waals surface area contributed by atoms with E-state index in [1.54, 1.807) is 25.1 Å². The van der Waals surface area contributed by atoms with Crippen LogP contribution in [0.15, 0.2) is 49.1 Å². The molecule has 6 nitrogen and oxygen atoms in total. The Morgan fingerprint density at radius 2 is 2.08 bits per heavy atom. The maximum Gasteiger partial charge on any atom is 0.281 e. The molecule has 0 aliphatic rings. The van der Waals surface area contributed by atoms with Crippen LogP contribution in [0.2, 0.25) is 0 Å². The fraction of sp³-hybridized carbons (Fsp3) is 0.167. The number of para-hydroxylation sites is 1. The van der Waals surface area contributed by atoms with Gasteiger partial charge in [0.25, 0.3) is 5.69 Å². The molecule has 0 saturated carbocycles. The minimum atomic E-state index is -0.441. The third kappa shape index (κ3) is 2.47. The third-order valence-electron chi connectivity index (χ3n) is 3.99. The van der Waals surface area contributed by atoms with Gasteiger partial charge in [0.05, 0.1) is 21.6 Å². The van der Waals surface area contributed by atoms with Crippen molar-refractivity contribution in [3.05, 3.63) is 64.7 Å². The Bertz CT molecular complexity index is 953. The molecule has 3 aromatic rings. The maximum absolute atomic E-state index is 11.5. The topological polar surface area (TPSA) is 79.5 Å². The summed E-state index contributed by atoms with van der Waals surface area (Å²) in [5.74, 6) is 0. The molecule has 1 aromatic heterocycles. The highest BCUT2D eigenvalue weighted by Gasteiger charge is 2.23. The number of aromatic nitrogens is 1. The molecule has 0 spiro atoms. The quantitative estimate of drug-likeness (QED) is 0.329. The smallest absolute Gasteiger partial charge is 0.281 e. The van der Waals surface area contributed by atoms with Crippen LogP contribution in [-0.4, -0.2) is 21.7 Å². The Balaban J connectivity index is 2.58. The number of hydrogen-bond donors (Lipinski definition) is 1. The molecule has 0 unspecified atom stereocenters. The number of benzene rings is 2. The van der Waals surface area contributed by atoms with Gasteiger partial charge in [-0.25, -0.2) is 4.98 Å². The first-order chi connectivity index (χ1) is 11.6. The van der Waals surface area contributed by atoms with E-state index in [2.05, 4.69) is 11.6 Å². The molecule has 0 aliphatic heterocycles. The molecule has 0 aliphatic carbocycles. The summed E-state index contributed by atoms with van der Waals surface area (Å²) >= 11 is 0. The number of anilines is 1. The molecule has 0 radical (unpaired) electrons. The largest absolute Gasteiger partial charge is 0.288 e. The first kappa shape index (κ1) is 15.9. The molecule has 0 amide bonds. The standard InChI is InChI=1S/C18H17N3O3/c1-3-7-12-10-11-15(21(23)24)16-17(12)19-14-9-6-5-8-13(14)18(16)20(22)4-2/h3,5-6,8-11,22H,1,4,7H2,2H3. The number of nitro groups is 1. The summed E-state index contributed by atoms with van der Waals surface area (Å²) in [6, 6.07) is 10.5. The highest BCUT2D eigenvalue weighted by Crippen LogP contribution is 2.39. The number of pyridine rings is 1. The van der Waals surface area contributed by atoms with E-state index in [-0.39, 0.29) is 5.69 Å². The van der Waals surface area contributed by atoms with Gasteiger partial charge >= 0.3 is 0 Å². The lowest BCUT2D eigenvalue weighted by molar-refractivity contribution is -0.383. The van der Waals surface area contributed by atoms with Crippen LogP contribution >= 0.6 is 0 Å². The first-order valence-corrected chi connectivity index (χ1v) is 7.64. The van der Waals surface area contributed by atoms with Gasteiger partial charge in [-0.15, -0.1) is 6.58 Å². The zero-order valence-electron chi connectivity index (χ0n) is 13.3. The SMILES string of the molecule is C=CCc1ccc([N+](=O)[O-])c2c(N(O)CC)c3ccccc3nc12. The normalized spacial score (nSPS) is 10.9. The molecule has 1 heterocycles. The number of hydrogen-bond acceptors (Lipinski definition) is 5. The van der Waals surface area contributed by atoms with E-state index in [4.69, 9.17) is 0 Å². The second kappa shape index (κ2) is 6.25. The lowest BCUT2D eigenvalue weighted by atomic mass is 10.0. The van der Waals surface area contributed by atoms with E-state index < -0.39 is 4.92 Å². The number of fused-ring (bicyclic) bond motifs is 2. The molecule has 0 bridgehead atoms. The van der Waals surface area contributed by atoms with Crippen molar-refractivity contribution >= 4 is 33.2 Å². The van der Waals surface area contributed by atoms with Gasteiger partial charge < -0.3 is 0 Å². The molecular formula is C18H17N3O3. The zero-order valence-corrected chi connectivity index (χ0v) is 13.3. The van der Waals surface area contributed by atoms with Crippen LogP contribution < -0.4 is 5.06 Å². The number of allylic oxidation sites excluding steroid dienone is 1. The molecule has 0 fully saturated rings. The number of hydroxylamine groups is 1. The molecule has 0 atom stereocenters. The number of nitro benzene ring substituents is 1. The van der Waals surface area contributed by atoms with Crippen molar-refractivity contribution in [2.75, 3.05) is 11.6 Å². The van der Waals surface area contributed by atoms with Gasteiger partial charge in [-0.3, -0.25) is 20.4 Å². The number of rotatable bonds is 5. The Kier molecular flexibility index (Phi) is 4.14. The molecule has 6 heteroatoms. The van der Waals surface area contributed by atoms with Crippen LogP contribution in [0.25, 0.3) is 21.8 Å². The molecular weight excluding hydrogens is 306 g/mol. The number of non-ortho nitro benzene ring substituents is 1. The monoisotopic (exact) mass is 323 g/mol. The summed E-state index contributed by atoms with van der Waals surface area (Å²) in [6.07, 6.45) is 2.27. The minimum absolute atomic E-state index is 0.0708. The third-order valence-corrected chi connectivity index (χ3v) is 3.99. The van der Waals surface area contributed by atoms with Crippen molar-refractivity contribution in [1.82, 2.24) is 4.98 Å². The fourth-order valence-corrected chi connectivity index (χ4v) is 2.91. The summed E-state index contributed by atoms with van der Waals surface area (Å²) in [6.45, 7) is 5.81. The van der Waals surface area contributed by atoms with Crippen molar-refractivity contribution in [2.24, 2.45) is 0 Å². The predicted molar refractivity (Wildman–Crippen MR) is 94.6 cm³/mol. The van der Waals surface area contributed by atoms with Crippen LogP contribution in [0, 0.1) is 10.1 Å². The van der Waals surface area contributed by atoms with Crippen molar-refractivity contribution in [3.63, 3.8) is 0 Å². The van der Waals surface area contributed by atoms with E-state index in [1.807, 2.05) is 18.2 Å². The van der Waals surface area contributed by atoms with Gasteiger partial charge in [-0.1, -0.05) is 24.3 Å². The molecule has 1 N–H and O–H groups in total. The van der Waals surface area contributed by atoms with Crippen molar-refractivity contribution in [2.45, 2.75) is 13.3 Å². The Labute approximate surface area is 138 Å². The van der Waals surface area contributed by atoms with Crippen molar-refractivity contribution in [3.8, 4) is 0 Å². The molecule has 122 valence electrons. The van der Waals surface area contributed by atoms with Gasteiger partial charge in [-0.05, 0) is 31.0 Å². The Morgan fingerprint density at radius 1 is 1.33 bits per heavy atom. The predicted octanol–water partition coefficient (Wildman–Crippen LogP) is 4.24. The second-order valence-corrected chi connectivity index (χ2v) is 5.41. The van der Waals surface area contributed by atoms with Gasteiger partial charge in [0.15, 0.2) is 0 Å². The number of nitrogens with zero attached hydrogens (tertiary/aromatic N) is 3. The van der Waals surface area contributed by atoms with Crippen LogP contribution in [0.1, 0.15) is 12.5 Å². The van der Waals surface area contributed by atoms with E-state index >= 15 is 0 Å². The minimum Gasteiger partial charge on any atom is -0.288 e. The van der Waals surface area contributed by atoms with E-state index in [0.717, 1.165) is 10.6 Å². The summed E-state index contributed by atoms with van der Waals surface area (Å²) < 4.78 is 0. The van der Waals surface area contributed by atoms with E-state index in [9.17, 15) is 15.3 Å². The van der Waals surface area contributed by atoms with E-state index in [1.165, 1.54) is 6.07 Å². The zero-order chi connectivity index (χ0) is 17.3. The highest BCUT2D eigenvalue weighted by atomic mass is 16.6. The lowest BCUT2D eigenvalue weighted by Gasteiger charge is -2.20. The summed E-state index contributed by atoms with van der Waals surface area (Å²) in [5, 5.41) is 24.0. The van der Waals surface area contributed by atoms with Gasteiger partial charge in [-0.2, -0.15) is 0 Å². The van der Waals surface area contributed by atoms with Crippen LogP contribution in [0.4, 0.5) is 11.4 Å². The average molecular weight is 323 g/mol. The average Bonchev–Trinajstić information content (AvgIpc) is 2.59. The van der Waals surface area contributed by atoms with Crippen molar-refractivity contribution < 1.29 is 10.1 Å². The molecule has 2 aromatic carbocycles. The Hall–Kier alpha value is -2.99. The second-order valence-electron chi connectivity index (χ2n) is 5.41. The van der Waals surface area contributed by atoms with Gasteiger partial charge in [0, 0.05) is 18.0 Å². The van der Waals surface area contributed by atoms with Gasteiger partial charge in [0.2, 0.25) is 0 Å². The maximum atomic E-state index is 11.5. The molecule has 3 rings (SSSR count). The summed E-state index contributed by atoms with van der Waals surface area (Å²) in [4.78, 5) is 15.7. The highest BCUT2D eigenvalue weighted by molar-refractivity contribution is 6.12. The lowest BCUT2D eigenvalue weighted by Crippen LogP contribution is -2.18. The summed E-state index contributed by atoms with van der Waals surface area (Å²) in [7, 11) is 0. The Morgan fingerprint density at radius 3 is 2.75 bits per heavy atom. The van der Waals surface area contributed by atoms with Gasteiger partial charge in [0.1, 0.15) is 5.39 Å².